The minimum atomic E-state index is -3.47. The highest BCUT2D eigenvalue weighted by molar-refractivity contribution is 7.88. The van der Waals surface area contributed by atoms with Crippen LogP contribution < -0.4 is 4.72 Å². The molecular weight excluding hydrogens is 341 g/mol. The van der Waals surface area contributed by atoms with Gasteiger partial charge in [0.05, 0.1) is 5.75 Å². The van der Waals surface area contributed by atoms with Crippen LogP contribution in [0.25, 0.3) is 4.96 Å². The minimum absolute atomic E-state index is 0.183. The lowest BCUT2D eigenvalue weighted by Crippen LogP contribution is -2.27. The van der Waals surface area contributed by atoms with Crippen LogP contribution in [-0.2, 0) is 22.2 Å². The third-order valence-electron chi connectivity index (χ3n) is 3.12. The molecule has 10 heteroatoms. The van der Waals surface area contributed by atoms with E-state index in [2.05, 4.69) is 20.0 Å². The van der Waals surface area contributed by atoms with Crippen molar-refractivity contribution in [1.29, 1.82) is 0 Å². The summed E-state index contributed by atoms with van der Waals surface area (Å²) < 4.78 is 41.0. The van der Waals surface area contributed by atoms with E-state index < -0.39 is 15.8 Å². The van der Waals surface area contributed by atoms with Gasteiger partial charge in [-0.1, -0.05) is 23.5 Å². The average molecular weight is 355 g/mol. The zero-order chi connectivity index (χ0) is 16.4. The van der Waals surface area contributed by atoms with E-state index >= 15 is 0 Å². The number of sulfonamides is 1. The summed E-state index contributed by atoms with van der Waals surface area (Å²) in [5.74, 6) is 0.120. The van der Waals surface area contributed by atoms with Crippen LogP contribution in [0.15, 0.2) is 24.3 Å². The number of halogens is 1. The molecule has 2 heterocycles. The molecule has 0 amide bonds. The predicted molar refractivity (Wildman–Crippen MR) is 84.1 cm³/mol. The van der Waals surface area contributed by atoms with Crippen LogP contribution in [0, 0.1) is 12.7 Å². The van der Waals surface area contributed by atoms with Gasteiger partial charge >= 0.3 is 0 Å². The number of nitrogens with zero attached hydrogens (tertiary/aromatic N) is 4. The van der Waals surface area contributed by atoms with Gasteiger partial charge in [0, 0.05) is 13.0 Å². The van der Waals surface area contributed by atoms with E-state index in [0.29, 0.717) is 22.8 Å². The molecule has 0 aliphatic rings. The number of rotatable bonds is 6. The van der Waals surface area contributed by atoms with Crippen molar-refractivity contribution in [3.8, 4) is 0 Å². The van der Waals surface area contributed by atoms with Crippen LogP contribution in [0.4, 0.5) is 4.39 Å². The average Bonchev–Trinajstić information content (AvgIpc) is 3.03. The fourth-order valence-electron chi connectivity index (χ4n) is 2.02. The van der Waals surface area contributed by atoms with Crippen molar-refractivity contribution >= 4 is 26.3 Å². The van der Waals surface area contributed by atoms with Crippen LogP contribution >= 0.6 is 11.3 Å². The van der Waals surface area contributed by atoms with E-state index in [-0.39, 0.29) is 12.3 Å². The molecule has 0 radical (unpaired) electrons. The van der Waals surface area contributed by atoms with Crippen LogP contribution in [0.5, 0.6) is 0 Å². The smallest absolute Gasteiger partial charge is 0.215 e. The Bertz CT molecular complexity index is 918. The predicted octanol–water partition coefficient (Wildman–Crippen LogP) is 1.30. The van der Waals surface area contributed by atoms with Gasteiger partial charge in [-0.3, -0.25) is 0 Å². The Morgan fingerprint density at radius 2 is 2.00 bits per heavy atom. The first-order valence-electron chi connectivity index (χ1n) is 6.82. The van der Waals surface area contributed by atoms with E-state index in [1.54, 1.807) is 11.4 Å². The third kappa shape index (κ3) is 3.89. The van der Waals surface area contributed by atoms with Crippen molar-refractivity contribution in [3.63, 3.8) is 0 Å². The second-order valence-corrected chi connectivity index (χ2v) is 7.81. The number of nitrogens with one attached hydrogen (secondary N) is 1. The molecule has 1 N–H and O–H groups in total. The molecule has 0 aliphatic heterocycles. The molecule has 0 spiro atoms. The van der Waals surface area contributed by atoms with Crippen LogP contribution in [0.3, 0.4) is 0 Å². The molecule has 0 atom stereocenters. The first-order valence-corrected chi connectivity index (χ1v) is 9.29. The topological polar surface area (TPSA) is 89.2 Å². The fraction of sp³-hybridized carbons (Fsp3) is 0.308. The number of hydrogen-bond donors (Lipinski definition) is 1. The number of hydrogen-bond acceptors (Lipinski definition) is 6. The summed E-state index contributed by atoms with van der Waals surface area (Å²) in [6.07, 6.45) is 0.468. The Morgan fingerprint density at radius 1 is 1.26 bits per heavy atom. The highest BCUT2D eigenvalue weighted by Gasteiger charge is 2.13. The standard InChI is InChI=1S/C13H14FN5O2S2/c1-9-16-17-13-19(9)18-12(22-13)6-7-15-23(20,21)8-10-2-4-11(14)5-3-10/h2-5,15H,6-8H2,1H3. The molecule has 0 saturated heterocycles. The molecule has 0 fully saturated rings. The van der Waals surface area contributed by atoms with Crippen LogP contribution in [0.2, 0.25) is 0 Å². The first kappa shape index (κ1) is 16.0. The summed E-state index contributed by atoms with van der Waals surface area (Å²) in [6.45, 7) is 2.04. The summed E-state index contributed by atoms with van der Waals surface area (Å²) >= 11 is 1.38. The second kappa shape index (κ2) is 6.30. The van der Waals surface area contributed by atoms with E-state index in [4.69, 9.17) is 0 Å². The normalized spacial score (nSPS) is 12.1. The molecule has 0 aliphatic carbocycles. The number of aromatic nitrogens is 4. The molecule has 7 nitrogen and oxygen atoms in total. The van der Waals surface area contributed by atoms with E-state index in [9.17, 15) is 12.8 Å². The molecule has 0 saturated carbocycles. The zero-order valence-electron chi connectivity index (χ0n) is 12.2. The first-order chi connectivity index (χ1) is 10.9. The molecule has 0 bridgehead atoms. The number of aryl methyl sites for hydroxylation is 1. The summed E-state index contributed by atoms with van der Waals surface area (Å²) in [4.78, 5) is 0.687. The van der Waals surface area contributed by atoms with Gasteiger partial charge in [0.2, 0.25) is 15.0 Å². The molecule has 2 aromatic heterocycles. The second-order valence-electron chi connectivity index (χ2n) is 4.97. The van der Waals surface area contributed by atoms with Gasteiger partial charge < -0.3 is 0 Å². The van der Waals surface area contributed by atoms with Crippen molar-refractivity contribution < 1.29 is 12.8 Å². The van der Waals surface area contributed by atoms with Gasteiger partial charge in [0.25, 0.3) is 0 Å². The zero-order valence-corrected chi connectivity index (χ0v) is 13.9. The monoisotopic (exact) mass is 355 g/mol. The van der Waals surface area contributed by atoms with Crippen molar-refractivity contribution in [2.75, 3.05) is 6.54 Å². The lowest BCUT2D eigenvalue weighted by atomic mass is 10.2. The van der Waals surface area contributed by atoms with Crippen molar-refractivity contribution in [1.82, 2.24) is 24.5 Å². The van der Waals surface area contributed by atoms with Gasteiger partial charge in [-0.15, -0.1) is 10.2 Å². The summed E-state index contributed by atoms with van der Waals surface area (Å²) in [7, 11) is -3.47. The third-order valence-corrected chi connectivity index (χ3v) is 5.44. The molecule has 3 aromatic rings. The quantitative estimate of drug-likeness (QED) is 0.720. The Balaban J connectivity index is 1.57. The Hall–Kier alpha value is -1.91. The van der Waals surface area contributed by atoms with E-state index in [0.717, 1.165) is 5.01 Å². The van der Waals surface area contributed by atoms with Gasteiger partial charge in [-0.05, 0) is 24.6 Å². The maximum absolute atomic E-state index is 12.8. The van der Waals surface area contributed by atoms with E-state index in [1.165, 1.54) is 35.6 Å². The fourth-order valence-corrected chi connectivity index (χ4v) is 4.04. The minimum Gasteiger partial charge on any atom is -0.215 e. The lowest BCUT2D eigenvalue weighted by Gasteiger charge is -2.05. The summed E-state index contributed by atoms with van der Waals surface area (Å²) in [5.41, 5.74) is 0.535. The highest BCUT2D eigenvalue weighted by Crippen LogP contribution is 2.14. The Labute approximate surface area is 136 Å². The molecule has 122 valence electrons. The van der Waals surface area contributed by atoms with Crippen molar-refractivity contribution in [3.05, 3.63) is 46.5 Å². The summed E-state index contributed by atoms with van der Waals surface area (Å²) in [5, 5.41) is 12.9. The van der Waals surface area contributed by atoms with Gasteiger partial charge in [-0.2, -0.15) is 9.61 Å². The summed E-state index contributed by atoms with van der Waals surface area (Å²) in [6, 6.07) is 5.40. The van der Waals surface area contributed by atoms with Crippen molar-refractivity contribution in [2.24, 2.45) is 0 Å². The molecule has 1 aromatic carbocycles. The molecule has 3 rings (SSSR count). The maximum atomic E-state index is 12.8. The maximum Gasteiger partial charge on any atom is 0.234 e. The van der Waals surface area contributed by atoms with E-state index in [1.807, 2.05) is 0 Å². The van der Waals surface area contributed by atoms with Gasteiger partial charge in [0.1, 0.15) is 10.8 Å². The molecular formula is C13H14FN5O2S2. The van der Waals surface area contributed by atoms with Crippen molar-refractivity contribution in [2.45, 2.75) is 19.1 Å². The number of benzene rings is 1. The van der Waals surface area contributed by atoms with Gasteiger partial charge in [-0.25, -0.2) is 17.5 Å². The van der Waals surface area contributed by atoms with Crippen LogP contribution in [0.1, 0.15) is 16.4 Å². The largest absolute Gasteiger partial charge is 0.234 e. The molecule has 0 unspecified atom stereocenters. The molecule has 23 heavy (non-hydrogen) atoms. The SMILES string of the molecule is Cc1nnc2sc(CCNS(=O)(=O)Cc3ccc(F)cc3)nn12. The lowest BCUT2D eigenvalue weighted by molar-refractivity contribution is 0.580. The number of fused-ring (bicyclic) bond motifs is 1. The van der Waals surface area contributed by atoms with Crippen LogP contribution in [-0.4, -0.2) is 34.8 Å². The Kier molecular flexibility index (Phi) is 4.37. The Morgan fingerprint density at radius 3 is 2.70 bits per heavy atom. The highest BCUT2D eigenvalue weighted by atomic mass is 32.2. The van der Waals surface area contributed by atoms with Gasteiger partial charge in [0.15, 0.2) is 5.82 Å².